The number of thioether (sulfide) groups is 1. The zero-order chi connectivity index (χ0) is 26.1. The van der Waals surface area contributed by atoms with Crippen LogP contribution in [0.25, 0.3) is 11.8 Å². The van der Waals surface area contributed by atoms with Crippen LogP contribution in [0.15, 0.2) is 83.8 Å². The summed E-state index contributed by atoms with van der Waals surface area (Å²) in [5, 5.41) is 0.418. The number of rotatable bonds is 6. The fourth-order valence-electron chi connectivity index (χ4n) is 4.23. The third-order valence-corrected chi connectivity index (χ3v) is 8.18. The van der Waals surface area contributed by atoms with E-state index in [9.17, 15) is 9.59 Å². The molecular formula is C29H22ClIN2O3S. The molecule has 1 fully saturated rings. The number of nitrogens with zero attached hydrogens (tertiary/aromatic N) is 2. The van der Waals surface area contributed by atoms with Gasteiger partial charge < -0.3 is 9.30 Å². The SMILES string of the molecule is Cc1cc(C=C2SC(=O)N(c3ccccc3)C2=O)c(C)n1-c1ccc(OCc2ccc(Cl)cc2I)cc1. The van der Waals surface area contributed by atoms with Crippen LogP contribution < -0.4 is 9.64 Å². The van der Waals surface area contributed by atoms with Crippen LogP contribution in [0, 0.1) is 17.4 Å². The summed E-state index contributed by atoms with van der Waals surface area (Å²) < 4.78 is 9.17. The minimum absolute atomic E-state index is 0.292. The summed E-state index contributed by atoms with van der Waals surface area (Å²) >= 11 is 9.27. The Morgan fingerprint density at radius 3 is 2.38 bits per heavy atom. The van der Waals surface area contributed by atoms with Crippen molar-refractivity contribution in [2.75, 3.05) is 4.90 Å². The standard InChI is InChI=1S/C29H22ClIN2O3S/c1-18-14-21(15-27-28(34)33(29(35)37-27)23-6-4-3-5-7-23)19(2)32(18)24-10-12-25(13-11-24)36-17-20-8-9-22(30)16-26(20)31/h3-16H,17H2,1-2H3. The molecule has 0 radical (unpaired) electrons. The molecule has 1 aliphatic rings. The summed E-state index contributed by atoms with van der Waals surface area (Å²) in [6.45, 7) is 4.48. The fraction of sp³-hybridized carbons (Fsp3) is 0.103. The monoisotopic (exact) mass is 640 g/mol. The van der Waals surface area contributed by atoms with Gasteiger partial charge in [-0.3, -0.25) is 9.59 Å². The van der Waals surface area contributed by atoms with Crippen LogP contribution in [-0.2, 0) is 11.4 Å². The summed E-state index contributed by atoms with van der Waals surface area (Å²) in [4.78, 5) is 27.2. The molecule has 37 heavy (non-hydrogen) atoms. The van der Waals surface area contributed by atoms with Crippen molar-refractivity contribution in [1.82, 2.24) is 4.57 Å². The molecule has 0 unspecified atom stereocenters. The number of carbonyl (C=O) groups is 2. The number of anilines is 1. The molecule has 5 nitrogen and oxygen atoms in total. The molecule has 0 saturated carbocycles. The van der Waals surface area contributed by atoms with Crippen molar-refractivity contribution in [2.45, 2.75) is 20.5 Å². The number of halogens is 2. The van der Waals surface area contributed by atoms with Gasteiger partial charge in [0.2, 0.25) is 0 Å². The van der Waals surface area contributed by atoms with Crippen LogP contribution >= 0.6 is 46.0 Å². The Morgan fingerprint density at radius 1 is 0.946 bits per heavy atom. The molecule has 0 bridgehead atoms. The van der Waals surface area contributed by atoms with Gasteiger partial charge in [-0.05, 0) is 114 Å². The molecule has 0 atom stereocenters. The van der Waals surface area contributed by atoms with E-state index in [-0.39, 0.29) is 11.1 Å². The first-order valence-corrected chi connectivity index (χ1v) is 13.8. The van der Waals surface area contributed by atoms with Crippen LogP contribution in [0.1, 0.15) is 22.5 Å². The lowest BCUT2D eigenvalue weighted by Gasteiger charge is -2.12. The highest BCUT2D eigenvalue weighted by Gasteiger charge is 2.36. The predicted molar refractivity (Wildman–Crippen MR) is 159 cm³/mol. The van der Waals surface area contributed by atoms with E-state index in [4.69, 9.17) is 16.3 Å². The molecule has 2 amide bonds. The van der Waals surface area contributed by atoms with E-state index in [2.05, 4.69) is 27.2 Å². The first kappa shape index (κ1) is 25.6. The second-order valence-electron chi connectivity index (χ2n) is 8.53. The maximum absolute atomic E-state index is 13.0. The quantitative estimate of drug-likeness (QED) is 0.158. The van der Waals surface area contributed by atoms with Crippen molar-refractivity contribution in [3.63, 3.8) is 0 Å². The highest BCUT2D eigenvalue weighted by molar-refractivity contribution is 14.1. The summed E-state index contributed by atoms with van der Waals surface area (Å²) in [5.74, 6) is 0.467. The van der Waals surface area contributed by atoms with Crippen molar-refractivity contribution in [1.29, 1.82) is 0 Å². The highest BCUT2D eigenvalue weighted by atomic mass is 127. The predicted octanol–water partition coefficient (Wildman–Crippen LogP) is 8.17. The van der Waals surface area contributed by atoms with E-state index in [0.29, 0.717) is 22.2 Å². The molecule has 5 rings (SSSR count). The normalized spacial score (nSPS) is 14.6. The molecule has 186 valence electrons. The average molecular weight is 641 g/mol. The molecule has 1 aromatic heterocycles. The summed E-state index contributed by atoms with van der Waals surface area (Å²) in [6, 6.07) is 24.7. The van der Waals surface area contributed by atoms with Gasteiger partial charge in [0.15, 0.2) is 0 Å². The number of aromatic nitrogens is 1. The van der Waals surface area contributed by atoms with Gasteiger partial charge in [0.05, 0.1) is 10.6 Å². The number of hydrogen-bond acceptors (Lipinski definition) is 4. The van der Waals surface area contributed by atoms with E-state index < -0.39 is 0 Å². The Morgan fingerprint density at radius 2 is 1.68 bits per heavy atom. The largest absolute Gasteiger partial charge is 0.489 e. The molecule has 3 aromatic carbocycles. The van der Waals surface area contributed by atoms with Crippen LogP contribution in [0.5, 0.6) is 5.75 Å². The van der Waals surface area contributed by atoms with Crippen LogP contribution in [0.3, 0.4) is 0 Å². The second-order valence-corrected chi connectivity index (χ2v) is 11.1. The number of amides is 2. The second kappa shape index (κ2) is 10.8. The number of ether oxygens (including phenoxy) is 1. The van der Waals surface area contributed by atoms with Crippen molar-refractivity contribution in [2.24, 2.45) is 0 Å². The van der Waals surface area contributed by atoms with E-state index in [0.717, 1.165) is 49.3 Å². The van der Waals surface area contributed by atoms with Crippen molar-refractivity contribution in [3.05, 3.63) is 115 Å². The summed E-state index contributed by atoms with van der Waals surface area (Å²) in [6.07, 6.45) is 1.80. The van der Waals surface area contributed by atoms with Gasteiger partial charge in [0.1, 0.15) is 12.4 Å². The number of carbonyl (C=O) groups excluding carboxylic acids is 2. The average Bonchev–Trinajstić information content (AvgIpc) is 3.32. The first-order chi connectivity index (χ1) is 17.8. The number of imide groups is 1. The van der Waals surface area contributed by atoms with Gasteiger partial charge in [-0.15, -0.1) is 0 Å². The molecule has 0 aliphatic carbocycles. The molecule has 4 aromatic rings. The Hall–Kier alpha value is -3.01. The lowest BCUT2D eigenvalue weighted by atomic mass is 10.2. The van der Waals surface area contributed by atoms with Gasteiger partial charge in [-0.1, -0.05) is 35.9 Å². The van der Waals surface area contributed by atoms with Gasteiger partial charge >= 0.3 is 0 Å². The molecule has 8 heteroatoms. The molecule has 2 heterocycles. The minimum atomic E-state index is -0.303. The number of para-hydroxylation sites is 1. The smallest absolute Gasteiger partial charge is 0.298 e. The Labute approximate surface area is 238 Å². The van der Waals surface area contributed by atoms with E-state index >= 15 is 0 Å². The third kappa shape index (κ3) is 5.35. The zero-order valence-corrected chi connectivity index (χ0v) is 23.8. The van der Waals surface area contributed by atoms with E-state index in [1.165, 1.54) is 4.90 Å². The van der Waals surface area contributed by atoms with Gasteiger partial charge in [-0.2, -0.15) is 0 Å². The molecular weight excluding hydrogens is 619 g/mol. The molecule has 1 saturated heterocycles. The topological polar surface area (TPSA) is 51.5 Å². The Balaban J connectivity index is 1.35. The summed E-state index contributed by atoms with van der Waals surface area (Å²) in [5.41, 5.74) is 5.54. The van der Waals surface area contributed by atoms with E-state index in [1.807, 2.05) is 80.6 Å². The lowest BCUT2D eigenvalue weighted by Crippen LogP contribution is -2.27. The summed E-state index contributed by atoms with van der Waals surface area (Å²) in [7, 11) is 0. The number of hydrogen-bond donors (Lipinski definition) is 0. The van der Waals surface area contributed by atoms with Crippen LogP contribution in [-0.4, -0.2) is 15.7 Å². The zero-order valence-electron chi connectivity index (χ0n) is 20.1. The van der Waals surface area contributed by atoms with Gasteiger partial charge in [0, 0.05) is 31.2 Å². The van der Waals surface area contributed by atoms with Crippen LogP contribution in [0.4, 0.5) is 10.5 Å². The van der Waals surface area contributed by atoms with Gasteiger partial charge in [-0.25, -0.2) is 4.90 Å². The van der Waals surface area contributed by atoms with Crippen molar-refractivity contribution >= 4 is 68.9 Å². The van der Waals surface area contributed by atoms with E-state index in [1.54, 1.807) is 18.2 Å². The highest BCUT2D eigenvalue weighted by Crippen LogP contribution is 2.36. The molecule has 0 spiro atoms. The maximum atomic E-state index is 13.0. The third-order valence-electron chi connectivity index (χ3n) is 6.07. The lowest BCUT2D eigenvalue weighted by molar-refractivity contribution is -0.113. The molecule has 0 N–H and O–H groups in total. The van der Waals surface area contributed by atoms with Gasteiger partial charge in [0.25, 0.3) is 11.1 Å². The number of aryl methyl sites for hydroxylation is 1. The maximum Gasteiger partial charge on any atom is 0.298 e. The molecule has 1 aliphatic heterocycles. The van der Waals surface area contributed by atoms with Crippen molar-refractivity contribution < 1.29 is 14.3 Å². The first-order valence-electron chi connectivity index (χ1n) is 11.5. The van der Waals surface area contributed by atoms with Crippen molar-refractivity contribution in [3.8, 4) is 11.4 Å². The van der Waals surface area contributed by atoms with Crippen LogP contribution in [0.2, 0.25) is 5.02 Å². The Bertz CT molecular complexity index is 1530. The fourth-order valence-corrected chi connectivity index (χ4v) is 6.09. The Kier molecular flexibility index (Phi) is 7.46. The minimum Gasteiger partial charge on any atom is -0.489 e. The number of benzene rings is 3.